The number of esters is 1. The predicted octanol–water partition coefficient (Wildman–Crippen LogP) is 3.59. The first-order valence-corrected chi connectivity index (χ1v) is 6.59. The van der Waals surface area contributed by atoms with E-state index in [-0.39, 0.29) is 5.97 Å². The predicted molar refractivity (Wildman–Crippen MR) is 73.5 cm³/mol. The summed E-state index contributed by atoms with van der Waals surface area (Å²) in [6.45, 7) is 6.52. The standard InChI is InChI=1S/C16H20O2/c1-4-18-16(17)10-13-6-5-7-14-12(3)8-11(2)9-15(13)14/h8-10H,4-7H2,1-3H3/b13-10+. The van der Waals surface area contributed by atoms with Gasteiger partial charge in [0.25, 0.3) is 0 Å². The van der Waals surface area contributed by atoms with Crippen LogP contribution in [0, 0.1) is 13.8 Å². The number of carbonyl (C=O) groups excluding carboxylic acids is 1. The van der Waals surface area contributed by atoms with Crippen LogP contribution in [0.4, 0.5) is 0 Å². The first kappa shape index (κ1) is 12.9. The van der Waals surface area contributed by atoms with Gasteiger partial charge in [0.15, 0.2) is 0 Å². The zero-order valence-electron chi connectivity index (χ0n) is 11.4. The molecular weight excluding hydrogens is 224 g/mol. The number of hydrogen-bond acceptors (Lipinski definition) is 2. The van der Waals surface area contributed by atoms with E-state index in [0.29, 0.717) is 6.61 Å². The van der Waals surface area contributed by atoms with Crippen molar-refractivity contribution in [3.8, 4) is 0 Å². The van der Waals surface area contributed by atoms with E-state index in [0.717, 1.165) is 24.8 Å². The quantitative estimate of drug-likeness (QED) is 0.587. The Morgan fingerprint density at radius 3 is 2.83 bits per heavy atom. The lowest BCUT2D eigenvalue weighted by Gasteiger charge is -2.21. The normalized spacial score (nSPS) is 16.5. The molecule has 0 spiro atoms. The van der Waals surface area contributed by atoms with Crippen molar-refractivity contribution in [2.75, 3.05) is 6.61 Å². The Morgan fingerprint density at radius 2 is 2.11 bits per heavy atom. The number of rotatable bonds is 2. The third kappa shape index (κ3) is 2.63. The van der Waals surface area contributed by atoms with Gasteiger partial charge in [-0.2, -0.15) is 0 Å². The smallest absolute Gasteiger partial charge is 0.331 e. The van der Waals surface area contributed by atoms with Gasteiger partial charge in [-0.05, 0) is 62.3 Å². The molecule has 1 aromatic carbocycles. The monoisotopic (exact) mass is 244 g/mol. The van der Waals surface area contributed by atoms with Crippen molar-refractivity contribution < 1.29 is 9.53 Å². The summed E-state index contributed by atoms with van der Waals surface area (Å²) in [5.74, 6) is -0.223. The minimum absolute atomic E-state index is 0.223. The second-order valence-electron chi connectivity index (χ2n) is 4.88. The Balaban J connectivity index is 2.41. The van der Waals surface area contributed by atoms with Crippen molar-refractivity contribution in [2.45, 2.75) is 40.0 Å². The van der Waals surface area contributed by atoms with Gasteiger partial charge < -0.3 is 4.74 Å². The third-order valence-corrected chi connectivity index (χ3v) is 3.41. The lowest BCUT2D eigenvalue weighted by molar-refractivity contribution is -0.137. The molecule has 0 atom stereocenters. The molecule has 96 valence electrons. The highest BCUT2D eigenvalue weighted by molar-refractivity contribution is 5.92. The second-order valence-corrected chi connectivity index (χ2v) is 4.88. The van der Waals surface area contributed by atoms with Gasteiger partial charge in [0, 0.05) is 6.08 Å². The topological polar surface area (TPSA) is 26.3 Å². The lowest BCUT2D eigenvalue weighted by Crippen LogP contribution is -2.08. The average molecular weight is 244 g/mol. The van der Waals surface area contributed by atoms with E-state index in [1.54, 1.807) is 6.08 Å². The summed E-state index contributed by atoms with van der Waals surface area (Å²) in [5, 5.41) is 0. The number of carbonyl (C=O) groups is 1. The summed E-state index contributed by atoms with van der Waals surface area (Å²) in [4.78, 5) is 11.6. The summed E-state index contributed by atoms with van der Waals surface area (Å²) in [6.07, 6.45) is 4.86. The van der Waals surface area contributed by atoms with Gasteiger partial charge in [-0.1, -0.05) is 17.7 Å². The van der Waals surface area contributed by atoms with Crippen molar-refractivity contribution in [2.24, 2.45) is 0 Å². The molecule has 0 unspecified atom stereocenters. The minimum Gasteiger partial charge on any atom is -0.463 e. The molecular formula is C16H20O2. The van der Waals surface area contributed by atoms with Crippen LogP contribution in [-0.2, 0) is 16.0 Å². The van der Waals surface area contributed by atoms with Crippen LogP contribution in [-0.4, -0.2) is 12.6 Å². The summed E-state index contributed by atoms with van der Waals surface area (Å²) < 4.78 is 5.00. The van der Waals surface area contributed by atoms with E-state index < -0.39 is 0 Å². The van der Waals surface area contributed by atoms with Gasteiger partial charge in [-0.25, -0.2) is 4.79 Å². The Morgan fingerprint density at radius 1 is 1.33 bits per heavy atom. The molecule has 0 aliphatic heterocycles. The number of aryl methyl sites for hydroxylation is 2. The van der Waals surface area contributed by atoms with Crippen LogP contribution in [0.2, 0.25) is 0 Å². The first-order valence-electron chi connectivity index (χ1n) is 6.59. The van der Waals surface area contributed by atoms with Crippen LogP contribution in [0.3, 0.4) is 0 Å². The van der Waals surface area contributed by atoms with Crippen LogP contribution < -0.4 is 0 Å². The van der Waals surface area contributed by atoms with Crippen molar-refractivity contribution >= 4 is 11.5 Å². The fraction of sp³-hybridized carbons (Fsp3) is 0.438. The number of allylic oxidation sites excluding steroid dienone is 1. The highest BCUT2D eigenvalue weighted by Gasteiger charge is 2.17. The average Bonchev–Trinajstić information content (AvgIpc) is 2.30. The molecule has 0 saturated heterocycles. The molecule has 1 aromatic rings. The molecule has 0 aromatic heterocycles. The number of ether oxygens (including phenoxy) is 1. The molecule has 0 radical (unpaired) electrons. The summed E-state index contributed by atoms with van der Waals surface area (Å²) >= 11 is 0. The zero-order chi connectivity index (χ0) is 13.1. The maximum atomic E-state index is 11.6. The number of fused-ring (bicyclic) bond motifs is 1. The van der Waals surface area contributed by atoms with Gasteiger partial charge in [-0.15, -0.1) is 0 Å². The lowest BCUT2D eigenvalue weighted by atomic mass is 9.83. The summed E-state index contributed by atoms with van der Waals surface area (Å²) in [7, 11) is 0. The fourth-order valence-electron chi connectivity index (χ4n) is 2.68. The molecule has 2 heteroatoms. The molecule has 2 nitrogen and oxygen atoms in total. The molecule has 0 N–H and O–H groups in total. The van der Waals surface area contributed by atoms with Crippen LogP contribution in [0.15, 0.2) is 18.2 Å². The highest BCUT2D eigenvalue weighted by atomic mass is 16.5. The third-order valence-electron chi connectivity index (χ3n) is 3.41. The first-order chi connectivity index (χ1) is 8.61. The molecule has 0 heterocycles. The molecule has 0 saturated carbocycles. The van der Waals surface area contributed by atoms with E-state index in [1.165, 1.54) is 22.3 Å². The molecule has 0 amide bonds. The molecule has 0 bridgehead atoms. The van der Waals surface area contributed by atoms with Crippen molar-refractivity contribution in [3.63, 3.8) is 0 Å². The second kappa shape index (κ2) is 5.38. The van der Waals surface area contributed by atoms with Crippen LogP contribution in [0.5, 0.6) is 0 Å². The van der Waals surface area contributed by atoms with E-state index in [1.807, 2.05) is 6.92 Å². The maximum absolute atomic E-state index is 11.6. The Hall–Kier alpha value is -1.57. The SMILES string of the molecule is CCOC(=O)/C=C1\CCCc2c(C)cc(C)cc21. The molecule has 2 rings (SSSR count). The number of benzene rings is 1. The Bertz CT molecular complexity index is 498. The Kier molecular flexibility index (Phi) is 3.85. The van der Waals surface area contributed by atoms with Crippen molar-refractivity contribution in [1.82, 2.24) is 0 Å². The zero-order valence-corrected chi connectivity index (χ0v) is 11.4. The Labute approximate surface area is 109 Å². The fourth-order valence-corrected chi connectivity index (χ4v) is 2.68. The van der Waals surface area contributed by atoms with E-state index in [9.17, 15) is 4.79 Å². The van der Waals surface area contributed by atoms with Crippen molar-refractivity contribution in [1.29, 1.82) is 0 Å². The summed E-state index contributed by atoms with van der Waals surface area (Å²) in [6, 6.07) is 4.40. The van der Waals surface area contributed by atoms with Gasteiger partial charge in [0.2, 0.25) is 0 Å². The van der Waals surface area contributed by atoms with Gasteiger partial charge in [-0.3, -0.25) is 0 Å². The molecule has 1 aliphatic rings. The molecule has 1 aliphatic carbocycles. The number of hydrogen-bond donors (Lipinski definition) is 0. The van der Waals surface area contributed by atoms with Crippen molar-refractivity contribution in [3.05, 3.63) is 40.5 Å². The van der Waals surface area contributed by atoms with Gasteiger partial charge in [0.1, 0.15) is 0 Å². The highest BCUT2D eigenvalue weighted by Crippen LogP contribution is 2.33. The minimum atomic E-state index is -0.223. The van der Waals surface area contributed by atoms with E-state index in [4.69, 9.17) is 4.74 Å². The van der Waals surface area contributed by atoms with E-state index in [2.05, 4.69) is 26.0 Å². The van der Waals surface area contributed by atoms with Gasteiger partial charge in [0.05, 0.1) is 6.61 Å². The molecule has 0 fully saturated rings. The van der Waals surface area contributed by atoms with Crippen LogP contribution in [0.25, 0.3) is 5.57 Å². The molecule has 18 heavy (non-hydrogen) atoms. The largest absolute Gasteiger partial charge is 0.463 e. The van der Waals surface area contributed by atoms with Crippen LogP contribution >= 0.6 is 0 Å². The maximum Gasteiger partial charge on any atom is 0.331 e. The van der Waals surface area contributed by atoms with Crippen LogP contribution in [0.1, 0.15) is 42.0 Å². The van der Waals surface area contributed by atoms with Gasteiger partial charge >= 0.3 is 5.97 Å². The van der Waals surface area contributed by atoms with E-state index >= 15 is 0 Å². The summed E-state index contributed by atoms with van der Waals surface area (Å²) in [5.41, 5.74) is 6.35.